The third-order valence-corrected chi connectivity index (χ3v) is 3.22. The van der Waals surface area contributed by atoms with Gasteiger partial charge in [-0.3, -0.25) is 4.79 Å². The van der Waals surface area contributed by atoms with Crippen LogP contribution in [0.3, 0.4) is 0 Å². The van der Waals surface area contributed by atoms with Crippen molar-refractivity contribution in [2.75, 3.05) is 25.3 Å². The van der Waals surface area contributed by atoms with Crippen LogP contribution in [0.5, 0.6) is 11.5 Å². The molecule has 0 aliphatic rings. The number of aromatic nitrogens is 1. The smallest absolute Gasteiger partial charge is 0.248 e. The van der Waals surface area contributed by atoms with Crippen molar-refractivity contribution in [2.24, 2.45) is 0 Å². The zero-order valence-corrected chi connectivity index (χ0v) is 13.3. The largest absolute Gasteiger partial charge is 0.497 e. The van der Waals surface area contributed by atoms with E-state index in [0.717, 1.165) is 5.56 Å². The normalized spacial score (nSPS) is 10.6. The number of nitrogens with zero attached hydrogens (tertiary/aromatic N) is 1. The highest BCUT2D eigenvalue weighted by Crippen LogP contribution is 2.25. The summed E-state index contributed by atoms with van der Waals surface area (Å²) >= 11 is 0. The van der Waals surface area contributed by atoms with Gasteiger partial charge < -0.3 is 20.5 Å². The van der Waals surface area contributed by atoms with Crippen molar-refractivity contribution < 1.29 is 14.3 Å². The molecule has 3 N–H and O–H groups in total. The van der Waals surface area contributed by atoms with Crippen LogP contribution in [-0.2, 0) is 4.79 Å². The van der Waals surface area contributed by atoms with E-state index in [0.29, 0.717) is 28.7 Å². The van der Waals surface area contributed by atoms with Gasteiger partial charge in [0.25, 0.3) is 0 Å². The molecule has 0 atom stereocenters. The molecule has 6 nitrogen and oxygen atoms in total. The first-order valence-corrected chi connectivity index (χ1v) is 6.97. The van der Waals surface area contributed by atoms with E-state index in [1.807, 2.05) is 0 Å². The maximum absolute atomic E-state index is 12.0. The summed E-state index contributed by atoms with van der Waals surface area (Å²) in [5.74, 6) is 1.48. The summed E-state index contributed by atoms with van der Waals surface area (Å²) in [6.07, 6.45) is 3.09. The minimum absolute atomic E-state index is 0.274. The number of rotatable bonds is 5. The fourth-order valence-electron chi connectivity index (χ4n) is 2.02. The van der Waals surface area contributed by atoms with Crippen LogP contribution in [-0.4, -0.2) is 25.1 Å². The Labute approximate surface area is 134 Å². The molecule has 1 aromatic heterocycles. The number of ether oxygens (including phenoxy) is 2. The van der Waals surface area contributed by atoms with Crippen LogP contribution >= 0.6 is 0 Å². The van der Waals surface area contributed by atoms with Gasteiger partial charge in [-0.1, -0.05) is 0 Å². The first-order chi connectivity index (χ1) is 11.0. The van der Waals surface area contributed by atoms with E-state index in [1.54, 1.807) is 57.6 Å². The number of aryl methyl sites for hydroxylation is 1. The number of amides is 1. The Kier molecular flexibility index (Phi) is 5.19. The zero-order valence-electron chi connectivity index (χ0n) is 13.3. The van der Waals surface area contributed by atoms with E-state index in [2.05, 4.69) is 10.3 Å². The summed E-state index contributed by atoms with van der Waals surface area (Å²) in [7, 11) is 3.15. The molecular formula is C17H19N3O3. The quantitative estimate of drug-likeness (QED) is 0.829. The maximum atomic E-state index is 12.0. The SMILES string of the molecule is COc1ccc(OC)c(/C=C/C(=O)Nc2ccc(N)nc2C)c1. The molecule has 0 aliphatic carbocycles. The average molecular weight is 313 g/mol. The topological polar surface area (TPSA) is 86.5 Å². The Morgan fingerprint density at radius 3 is 2.65 bits per heavy atom. The van der Waals surface area contributed by atoms with E-state index < -0.39 is 0 Å². The Bertz CT molecular complexity index is 742. The highest BCUT2D eigenvalue weighted by Gasteiger charge is 2.05. The second-order valence-electron chi connectivity index (χ2n) is 4.80. The minimum atomic E-state index is -0.274. The van der Waals surface area contributed by atoms with Gasteiger partial charge in [-0.2, -0.15) is 0 Å². The first-order valence-electron chi connectivity index (χ1n) is 6.97. The highest BCUT2D eigenvalue weighted by molar-refractivity contribution is 6.02. The molecular weight excluding hydrogens is 294 g/mol. The van der Waals surface area contributed by atoms with Crippen molar-refractivity contribution in [1.29, 1.82) is 0 Å². The van der Waals surface area contributed by atoms with Crippen LogP contribution in [0, 0.1) is 6.92 Å². The van der Waals surface area contributed by atoms with Gasteiger partial charge in [0.1, 0.15) is 17.3 Å². The molecule has 0 fully saturated rings. The Morgan fingerprint density at radius 1 is 1.22 bits per heavy atom. The zero-order chi connectivity index (χ0) is 16.8. The van der Waals surface area contributed by atoms with E-state index in [9.17, 15) is 4.79 Å². The molecule has 2 aromatic rings. The molecule has 120 valence electrons. The number of nitrogens with two attached hydrogens (primary N) is 1. The number of pyridine rings is 1. The van der Waals surface area contributed by atoms with Crippen molar-refractivity contribution in [3.8, 4) is 11.5 Å². The van der Waals surface area contributed by atoms with Gasteiger partial charge in [0, 0.05) is 11.6 Å². The van der Waals surface area contributed by atoms with Crippen molar-refractivity contribution in [2.45, 2.75) is 6.92 Å². The maximum Gasteiger partial charge on any atom is 0.248 e. The van der Waals surface area contributed by atoms with Gasteiger partial charge in [-0.25, -0.2) is 4.98 Å². The fraction of sp³-hybridized carbons (Fsp3) is 0.176. The Hall–Kier alpha value is -3.02. The first kappa shape index (κ1) is 16.4. The van der Waals surface area contributed by atoms with Gasteiger partial charge in [-0.15, -0.1) is 0 Å². The third kappa shape index (κ3) is 4.23. The van der Waals surface area contributed by atoms with Gasteiger partial charge in [0.15, 0.2) is 0 Å². The number of hydrogen-bond acceptors (Lipinski definition) is 5. The van der Waals surface area contributed by atoms with Crippen LogP contribution in [0.2, 0.25) is 0 Å². The molecule has 1 aromatic carbocycles. The summed E-state index contributed by atoms with van der Waals surface area (Å²) in [5, 5.41) is 2.76. The predicted molar refractivity (Wildman–Crippen MR) is 90.6 cm³/mol. The summed E-state index contributed by atoms with van der Waals surface area (Å²) in [6.45, 7) is 1.78. The van der Waals surface area contributed by atoms with Gasteiger partial charge in [-0.05, 0) is 43.3 Å². The molecule has 0 radical (unpaired) electrons. The molecule has 23 heavy (non-hydrogen) atoms. The lowest BCUT2D eigenvalue weighted by Crippen LogP contribution is -2.10. The van der Waals surface area contributed by atoms with E-state index >= 15 is 0 Å². The molecule has 0 bridgehead atoms. The van der Waals surface area contributed by atoms with Crippen molar-refractivity contribution in [3.05, 3.63) is 47.7 Å². The fourth-order valence-corrected chi connectivity index (χ4v) is 2.02. The van der Waals surface area contributed by atoms with Crippen molar-refractivity contribution in [1.82, 2.24) is 4.98 Å². The summed E-state index contributed by atoms with van der Waals surface area (Å²) < 4.78 is 10.4. The Balaban J connectivity index is 2.14. The van der Waals surface area contributed by atoms with Crippen LogP contribution in [0.1, 0.15) is 11.3 Å². The second-order valence-corrected chi connectivity index (χ2v) is 4.80. The number of benzene rings is 1. The van der Waals surface area contributed by atoms with E-state index in [1.165, 1.54) is 6.08 Å². The molecule has 0 saturated heterocycles. The second kappa shape index (κ2) is 7.31. The number of nitrogen functional groups attached to an aromatic ring is 1. The minimum Gasteiger partial charge on any atom is -0.497 e. The number of nitrogens with one attached hydrogen (secondary N) is 1. The predicted octanol–water partition coefficient (Wildman–Crippen LogP) is 2.64. The lowest BCUT2D eigenvalue weighted by Gasteiger charge is -2.08. The van der Waals surface area contributed by atoms with Crippen molar-refractivity contribution >= 4 is 23.5 Å². The Morgan fingerprint density at radius 2 is 2.00 bits per heavy atom. The average Bonchev–Trinajstić information content (AvgIpc) is 2.55. The number of methoxy groups -OCH3 is 2. The van der Waals surface area contributed by atoms with Crippen LogP contribution in [0.15, 0.2) is 36.4 Å². The van der Waals surface area contributed by atoms with Gasteiger partial charge >= 0.3 is 0 Å². The van der Waals surface area contributed by atoms with E-state index in [-0.39, 0.29) is 5.91 Å². The van der Waals surface area contributed by atoms with Gasteiger partial charge in [0.2, 0.25) is 5.91 Å². The number of hydrogen-bond donors (Lipinski definition) is 2. The third-order valence-electron chi connectivity index (χ3n) is 3.22. The summed E-state index contributed by atoms with van der Waals surface area (Å²) in [4.78, 5) is 16.1. The van der Waals surface area contributed by atoms with Crippen molar-refractivity contribution in [3.63, 3.8) is 0 Å². The van der Waals surface area contributed by atoms with Crippen LogP contribution < -0.4 is 20.5 Å². The molecule has 0 saturated carbocycles. The number of carbonyl (C=O) groups excluding carboxylic acids is 1. The number of anilines is 2. The molecule has 2 rings (SSSR count). The molecule has 0 spiro atoms. The van der Waals surface area contributed by atoms with Crippen LogP contribution in [0.4, 0.5) is 11.5 Å². The highest BCUT2D eigenvalue weighted by atomic mass is 16.5. The van der Waals surface area contributed by atoms with Crippen LogP contribution in [0.25, 0.3) is 6.08 Å². The standard InChI is InChI=1S/C17H19N3O3/c1-11-14(6-8-16(18)19-11)20-17(21)9-4-12-10-13(22-2)5-7-15(12)23-3/h4-10H,1-3H3,(H2,18,19)(H,20,21)/b9-4+. The van der Waals surface area contributed by atoms with E-state index in [4.69, 9.17) is 15.2 Å². The van der Waals surface area contributed by atoms with Gasteiger partial charge in [0.05, 0.1) is 25.6 Å². The lowest BCUT2D eigenvalue weighted by molar-refractivity contribution is -0.111. The molecule has 1 amide bonds. The molecule has 0 aliphatic heterocycles. The monoisotopic (exact) mass is 313 g/mol. The molecule has 6 heteroatoms. The lowest BCUT2D eigenvalue weighted by atomic mass is 10.1. The summed E-state index contributed by atoms with van der Waals surface area (Å²) in [6, 6.07) is 8.72. The molecule has 1 heterocycles. The molecule has 0 unspecified atom stereocenters. The summed E-state index contributed by atoms with van der Waals surface area (Å²) in [5.41, 5.74) is 7.61. The number of carbonyl (C=O) groups is 1.